The number of rotatable bonds is 5. The molecule has 14 heteroatoms. The normalized spacial score (nSPS) is 25.9. The Morgan fingerprint density at radius 2 is 1.86 bits per heavy atom. The predicted molar refractivity (Wildman–Crippen MR) is 108 cm³/mol. The van der Waals surface area contributed by atoms with Gasteiger partial charge in [0.2, 0.25) is 11.8 Å². The van der Waals surface area contributed by atoms with Crippen LogP contribution in [-0.2, 0) is 9.47 Å². The van der Waals surface area contributed by atoms with Gasteiger partial charge < -0.3 is 14.5 Å². The average Bonchev–Trinajstić information content (AvgIpc) is 3.25. The number of amides is 1. The third kappa shape index (κ3) is 5.14. The minimum absolute atomic E-state index is 0.00861. The molecule has 1 saturated carbocycles. The van der Waals surface area contributed by atoms with E-state index >= 15 is 0 Å². The first-order chi connectivity index (χ1) is 17.0. The molecule has 1 saturated heterocycles. The Morgan fingerprint density at radius 3 is 2.58 bits per heavy atom. The zero-order valence-electron chi connectivity index (χ0n) is 18.3. The highest BCUT2D eigenvalue weighted by Gasteiger charge is 2.49. The largest absolute Gasteiger partial charge is 0.522 e. The molecule has 8 nitrogen and oxygen atoms in total. The molecule has 1 aromatic carbocycles. The van der Waals surface area contributed by atoms with Crippen molar-refractivity contribution in [1.29, 1.82) is 0 Å². The number of aromatic nitrogens is 3. The molecule has 36 heavy (non-hydrogen) atoms. The minimum Gasteiger partial charge on any atom is -0.422 e. The summed E-state index contributed by atoms with van der Waals surface area (Å²) in [6, 6.07) is 4.86. The number of benzene rings is 1. The summed E-state index contributed by atoms with van der Waals surface area (Å²) in [4.78, 5) is 16.6. The van der Waals surface area contributed by atoms with Gasteiger partial charge in [-0.2, -0.15) is 0 Å². The van der Waals surface area contributed by atoms with Crippen LogP contribution in [0.3, 0.4) is 0 Å². The maximum Gasteiger partial charge on any atom is 0.522 e. The number of hydrogen-bond acceptors (Lipinski definition) is 7. The molecule has 0 radical (unpaired) electrons. The number of nitrogens with one attached hydrogen (secondary N) is 1. The van der Waals surface area contributed by atoms with Crippen molar-refractivity contribution in [1.82, 2.24) is 20.5 Å². The number of nitrogens with zero attached hydrogens (tertiary/aromatic N) is 3. The summed E-state index contributed by atoms with van der Waals surface area (Å²) in [6.45, 7) is -0.565. The van der Waals surface area contributed by atoms with Crippen LogP contribution in [-0.4, -0.2) is 52.1 Å². The van der Waals surface area contributed by atoms with Crippen LogP contribution in [0.2, 0.25) is 0 Å². The van der Waals surface area contributed by atoms with E-state index in [2.05, 4.69) is 25.2 Å². The van der Waals surface area contributed by atoms with Crippen LogP contribution in [0.1, 0.15) is 53.6 Å². The summed E-state index contributed by atoms with van der Waals surface area (Å²) < 4.78 is 94.5. The molecular formula is C22H18F6N4O4. The van der Waals surface area contributed by atoms with Crippen molar-refractivity contribution >= 4 is 16.8 Å². The highest BCUT2D eigenvalue weighted by Crippen LogP contribution is 2.42. The Bertz CT molecular complexity index is 1280. The van der Waals surface area contributed by atoms with E-state index in [1.807, 2.05) is 0 Å². The molecule has 1 aliphatic carbocycles. The topological polar surface area (TPSA) is 99.4 Å². The molecule has 1 N–H and O–H groups in total. The van der Waals surface area contributed by atoms with E-state index in [0.29, 0.717) is 10.9 Å². The van der Waals surface area contributed by atoms with E-state index in [1.54, 1.807) is 0 Å². The fraction of sp³-hybridized carbons (Fsp3) is 0.455. The van der Waals surface area contributed by atoms with Crippen molar-refractivity contribution in [2.75, 3.05) is 6.61 Å². The summed E-state index contributed by atoms with van der Waals surface area (Å²) in [7, 11) is 0. The van der Waals surface area contributed by atoms with Crippen molar-refractivity contribution in [3.63, 3.8) is 0 Å². The van der Waals surface area contributed by atoms with Crippen LogP contribution in [0.4, 0.5) is 26.3 Å². The smallest absolute Gasteiger partial charge is 0.422 e. The maximum atomic E-state index is 14.9. The van der Waals surface area contributed by atoms with Gasteiger partial charge in [0.25, 0.3) is 11.8 Å². The first-order valence-corrected chi connectivity index (χ1v) is 10.9. The number of carbonyl (C=O) groups excluding carboxylic acids is 1. The van der Waals surface area contributed by atoms with E-state index in [0.717, 1.165) is 0 Å². The van der Waals surface area contributed by atoms with E-state index < -0.39 is 61.2 Å². The third-order valence-corrected chi connectivity index (χ3v) is 6.10. The van der Waals surface area contributed by atoms with Gasteiger partial charge in [-0.05, 0) is 37.1 Å². The number of carbonyl (C=O) groups is 1. The zero-order valence-corrected chi connectivity index (χ0v) is 18.3. The van der Waals surface area contributed by atoms with Gasteiger partial charge in [-0.3, -0.25) is 9.53 Å². The summed E-state index contributed by atoms with van der Waals surface area (Å²) in [6.07, 6.45) is -7.88. The van der Waals surface area contributed by atoms with Crippen LogP contribution in [0, 0.1) is 5.82 Å². The average molecular weight is 516 g/mol. The highest BCUT2D eigenvalue weighted by atomic mass is 19.4. The second-order valence-electron chi connectivity index (χ2n) is 8.68. The van der Waals surface area contributed by atoms with E-state index in [4.69, 9.17) is 9.15 Å². The van der Waals surface area contributed by atoms with Gasteiger partial charge in [0.1, 0.15) is 23.7 Å². The van der Waals surface area contributed by atoms with Gasteiger partial charge in [-0.15, -0.1) is 23.4 Å². The number of halogens is 6. The fourth-order valence-electron chi connectivity index (χ4n) is 4.14. The van der Waals surface area contributed by atoms with Crippen LogP contribution in [0.5, 0.6) is 0 Å². The maximum absolute atomic E-state index is 14.9. The molecule has 0 spiro atoms. The molecule has 0 bridgehead atoms. The molecule has 1 amide bonds. The lowest BCUT2D eigenvalue weighted by Crippen LogP contribution is -2.54. The molecule has 2 atom stereocenters. The van der Waals surface area contributed by atoms with Crippen LogP contribution >= 0.6 is 0 Å². The van der Waals surface area contributed by atoms with Crippen LogP contribution in [0.25, 0.3) is 10.9 Å². The molecule has 1 aliphatic heterocycles. The fourth-order valence-corrected chi connectivity index (χ4v) is 4.14. The summed E-state index contributed by atoms with van der Waals surface area (Å²) in [5.74, 6) is -5.41. The quantitative estimate of drug-likeness (QED) is 0.501. The first kappa shape index (κ1) is 24.4. The van der Waals surface area contributed by atoms with Gasteiger partial charge in [0, 0.05) is 17.7 Å². The summed E-state index contributed by atoms with van der Waals surface area (Å²) in [5.41, 5.74) is 0.201. The first-order valence-electron chi connectivity index (χ1n) is 10.9. The number of fused-ring (bicyclic) bond motifs is 1. The monoisotopic (exact) mass is 516 g/mol. The Balaban J connectivity index is 1.19. The molecule has 192 valence electrons. The van der Waals surface area contributed by atoms with Crippen molar-refractivity contribution in [3.05, 3.63) is 53.6 Å². The van der Waals surface area contributed by atoms with Crippen molar-refractivity contribution < 1.29 is 45.0 Å². The van der Waals surface area contributed by atoms with Gasteiger partial charge in [-0.25, -0.2) is 18.2 Å². The Labute approximate surface area is 199 Å². The highest BCUT2D eigenvalue weighted by molar-refractivity contribution is 5.95. The number of pyridine rings is 1. The Morgan fingerprint density at radius 1 is 1.11 bits per heavy atom. The predicted octanol–water partition coefficient (Wildman–Crippen LogP) is 4.43. The minimum atomic E-state index is -4.74. The SMILES string of the molecule is O=C(N[C@@H]1CO[C@@H](c2nnc(C3CC(OC(F)(F)F)C3)o2)CC1(F)F)c1ccc2cc(F)ccc2n1. The standard InChI is InChI=1S/C22H18F6N4O4/c23-12-2-4-14-10(5-12)1-3-15(29-14)18(33)30-17-9-34-16(8-21(17,24)25)20-32-31-19(35-20)11-6-13(7-11)36-22(26,27)28/h1-5,11,13,16-17H,6-9H2,(H,30,33)/t11?,13?,16-,17-/m1/s1. The molecule has 0 unspecified atom stereocenters. The second-order valence-corrected chi connectivity index (χ2v) is 8.68. The number of ether oxygens (including phenoxy) is 2. The van der Waals surface area contributed by atoms with Crippen LogP contribution in [0.15, 0.2) is 34.7 Å². The Kier molecular flexibility index (Phi) is 6.11. The molecule has 3 aromatic rings. The van der Waals surface area contributed by atoms with E-state index in [9.17, 15) is 31.1 Å². The molecule has 2 fully saturated rings. The number of hydrogen-bond donors (Lipinski definition) is 1. The molecular weight excluding hydrogens is 498 g/mol. The lowest BCUT2D eigenvalue weighted by atomic mass is 9.82. The molecule has 2 aliphatic rings. The molecule has 3 heterocycles. The van der Waals surface area contributed by atoms with Gasteiger partial charge >= 0.3 is 6.36 Å². The van der Waals surface area contributed by atoms with Gasteiger partial charge in [0.05, 0.1) is 18.2 Å². The van der Waals surface area contributed by atoms with E-state index in [1.165, 1.54) is 30.3 Å². The van der Waals surface area contributed by atoms with Gasteiger partial charge in [0.15, 0.2) is 0 Å². The number of alkyl halides is 5. The third-order valence-electron chi connectivity index (χ3n) is 6.10. The van der Waals surface area contributed by atoms with Crippen molar-refractivity contribution in [2.45, 2.75) is 55.7 Å². The molecule has 5 rings (SSSR count). The molecule has 2 aromatic heterocycles. The lowest BCUT2D eigenvalue weighted by Gasteiger charge is -2.35. The lowest BCUT2D eigenvalue weighted by molar-refractivity contribution is -0.352. The van der Waals surface area contributed by atoms with E-state index in [-0.39, 0.29) is 30.3 Å². The van der Waals surface area contributed by atoms with Gasteiger partial charge in [-0.1, -0.05) is 6.07 Å². The van der Waals surface area contributed by atoms with Crippen molar-refractivity contribution in [3.8, 4) is 0 Å². The summed E-state index contributed by atoms with van der Waals surface area (Å²) in [5, 5.41) is 10.1. The summed E-state index contributed by atoms with van der Waals surface area (Å²) >= 11 is 0. The van der Waals surface area contributed by atoms with Crippen molar-refractivity contribution in [2.24, 2.45) is 0 Å². The Hall–Kier alpha value is -3.26. The second kappa shape index (κ2) is 9.00. The van der Waals surface area contributed by atoms with Crippen LogP contribution < -0.4 is 5.32 Å². The zero-order chi connectivity index (χ0) is 25.7.